The minimum atomic E-state index is -1.06. The van der Waals surface area contributed by atoms with Crippen molar-refractivity contribution < 1.29 is 39.5 Å². The Labute approximate surface area is 119 Å². The Morgan fingerprint density at radius 2 is 1.81 bits per heavy atom. The van der Waals surface area contributed by atoms with E-state index in [1.54, 1.807) is 12.1 Å². The van der Waals surface area contributed by atoms with Crippen LogP contribution >= 0.6 is 0 Å². The molecule has 1 rings (SSSR count). The van der Waals surface area contributed by atoms with Crippen LogP contribution in [-0.4, -0.2) is 5.97 Å². The topological polar surface area (TPSA) is 40.1 Å². The fraction of sp³-hybridized carbons (Fsp3) is 0.462. The second-order valence-corrected chi connectivity index (χ2v) is 3.73. The van der Waals surface area contributed by atoms with E-state index in [-0.39, 0.29) is 29.6 Å². The molecular formula is C13H17NaO2. The number of aromatic carboxylic acids is 1. The molecule has 0 spiro atoms. The molecule has 0 radical (unpaired) electrons. The number of benzene rings is 1. The van der Waals surface area contributed by atoms with E-state index in [2.05, 4.69) is 13.8 Å². The van der Waals surface area contributed by atoms with Crippen LogP contribution < -0.4 is 34.7 Å². The van der Waals surface area contributed by atoms with Gasteiger partial charge < -0.3 is 9.90 Å². The first-order valence-electron chi connectivity index (χ1n) is 5.52. The van der Waals surface area contributed by atoms with Crippen LogP contribution in [0.2, 0.25) is 0 Å². The first-order valence-corrected chi connectivity index (χ1v) is 5.52. The van der Waals surface area contributed by atoms with E-state index >= 15 is 0 Å². The smallest absolute Gasteiger partial charge is 0.545 e. The van der Waals surface area contributed by atoms with Gasteiger partial charge in [0.2, 0.25) is 0 Å². The molecule has 16 heavy (non-hydrogen) atoms. The van der Waals surface area contributed by atoms with Crippen molar-refractivity contribution in [3.8, 4) is 0 Å². The zero-order chi connectivity index (χ0) is 11.3. The molecule has 2 nitrogen and oxygen atoms in total. The molecule has 3 heteroatoms. The predicted molar refractivity (Wildman–Crippen MR) is 58.8 cm³/mol. The van der Waals surface area contributed by atoms with E-state index in [1.165, 1.54) is 0 Å². The van der Waals surface area contributed by atoms with Gasteiger partial charge in [0.05, 0.1) is 5.97 Å². The van der Waals surface area contributed by atoms with Crippen molar-refractivity contribution in [3.63, 3.8) is 0 Å². The fourth-order valence-electron chi connectivity index (χ4n) is 1.87. The molecule has 0 saturated carbocycles. The van der Waals surface area contributed by atoms with Crippen molar-refractivity contribution in [1.29, 1.82) is 0 Å². The maximum Gasteiger partial charge on any atom is 1.00 e. The molecule has 0 aliphatic heterocycles. The van der Waals surface area contributed by atoms with Crippen molar-refractivity contribution in [2.24, 2.45) is 0 Å². The van der Waals surface area contributed by atoms with Gasteiger partial charge in [-0.15, -0.1) is 0 Å². The summed E-state index contributed by atoms with van der Waals surface area (Å²) < 4.78 is 0. The maximum atomic E-state index is 10.9. The molecule has 0 saturated heterocycles. The Morgan fingerprint density at radius 3 is 2.31 bits per heavy atom. The average Bonchev–Trinajstić information content (AvgIpc) is 2.21. The van der Waals surface area contributed by atoms with Gasteiger partial charge in [-0.2, -0.15) is 0 Å². The molecular weight excluding hydrogens is 211 g/mol. The molecule has 0 amide bonds. The number of hydrogen-bond donors (Lipinski definition) is 0. The fourth-order valence-corrected chi connectivity index (χ4v) is 1.87. The van der Waals surface area contributed by atoms with Gasteiger partial charge in [-0.3, -0.25) is 0 Å². The average molecular weight is 228 g/mol. The summed E-state index contributed by atoms with van der Waals surface area (Å²) in [6.45, 7) is 4.16. The molecule has 1 aromatic rings. The summed E-state index contributed by atoms with van der Waals surface area (Å²) in [4.78, 5) is 10.9. The molecule has 0 atom stereocenters. The standard InChI is InChI=1S/C13H18O2.Na/c1-3-6-10-8-5-9-12(13(14)15)11(10)7-4-2;/h5,8-9H,3-4,6-7H2,1-2H3,(H,14,15);/q;+1/p-1. The zero-order valence-electron chi connectivity index (χ0n) is 10.4. The van der Waals surface area contributed by atoms with Crippen molar-refractivity contribution in [2.75, 3.05) is 0 Å². The molecule has 0 unspecified atom stereocenters. The van der Waals surface area contributed by atoms with E-state index < -0.39 is 5.97 Å². The molecule has 82 valence electrons. The predicted octanol–water partition coefficient (Wildman–Crippen LogP) is -1.04. The van der Waals surface area contributed by atoms with Gasteiger partial charge in [-0.05, 0) is 24.0 Å². The normalized spacial score (nSPS) is 9.62. The Balaban J connectivity index is 0.00000225. The minimum Gasteiger partial charge on any atom is -0.545 e. The van der Waals surface area contributed by atoms with Gasteiger partial charge in [0.1, 0.15) is 0 Å². The third-order valence-corrected chi connectivity index (χ3v) is 2.51. The van der Waals surface area contributed by atoms with Crippen LogP contribution in [0.1, 0.15) is 48.2 Å². The largest absolute Gasteiger partial charge is 1.00 e. The van der Waals surface area contributed by atoms with Crippen molar-refractivity contribution in [3.05, 3.63) is 34.9 Å². The zero-order valence-corrected chi connectivity index (χ0v) is 12.4. The van der Waals surface area contributed by atoms with E-state index in [1.807, 2.05) is 6.07 Å². The molecule has 0 fully saturated rings. The number of hydrogen-bond acceptors (Lipinski definition) is 2. The number of carboxylic acids is 1. The molecule has 0 bridgehead atoms. The first-order chi connectivity index (χ1) is 7.20. The van der Waals surface area contributed by atoms with E-state index in [0.29, 0.717) is 5.56 Å². The van der Waals surface area contributed by atoms with Crippen molar-refractivity contribution in [1.82, 2.24) is 0 Å². The quantitative estimate of drug-likeness (QED) is 0.604. The van der Waals surface area contributed by atoms with E-state index in [0.717, 1.165) is 36.8 Å². The number of carboxylic acid groups (broad SMARTS) is 1. The van der Waals surface area contributed by atoms with Crippen LogP contribution in [-0.2, 0) is 12.8 Å². The summed E-state index contributed by atoms with van der Waals surface area (Å²) in [5.74, 6) is -1.06. The number of carbonyl (C=O) groups is 1. The Hall–Kier alpha value is -0.310. The van der Waals surface area contributed by atoms with Crippen LogP contribution in [0.3, 0.4) is 0 Å². The SMILES string of the molecule is CCCc1cccc(C(=O)[O-])c1CCC.[Na+]. The van der Waals surface area contributed by atoms with Crippen molar-refractivity contribution in [2.45, 2.75) is 39.5 Å². The Kier molecular flexibility index (Phi) is 7.73. The first kappa shape index (κ1) is 15.7. The van der Waals surface area contributed by atoms with Crippen LogP contribution in [0.4, 0.5) is 0 Å². The number of aryl methyl sites for hydroxylation is 1. The summed E-state index contributed by atoms with van der Waals surface area (Å²) >= 11 is 0. The van der Waals surface area contributed by atoms with E-state index in [4.69, 9.17) is 0 Å². The van der Waals surface area contributed by atoms with Crippen LogP contribution in [0.25, 0.3) is 0 Å². The summed E-state index contributed by atoms with van der Waals surface area (Å²) in [7, 11) is 0. The minimum absolute atomic E-state index is 0. The second kappa shape index (κ2) is 7.88. The third-order valence-electron chi connectivity index (χ3n) is 2.51. The Morgan fingerprint density at radius 1 is 1.19 bits per heavy atom. The molecule has 0 aliphatic rings. The van der Waals surface area contributed by atoms with Crippen molar-refractivity contribution >= 4 is 5.97 Å². The number of carbonyl (C=O) groups excluding carboxylic acids is 1. The molecule has 0 aliphatic carbocycles. The van der Waals surface area contributed by atoms with Gasteiger partial charge in [0.25, 0.3) is 0 Å². The summed E-state index contributed by atoms with van der Waals surface area (Å²) in [6.07, 6.45) is 3.75. The molecule has 0 aromatic heterocycles. The molecule has 0 heterocycles. The van der Waals surface area contributed by atoms with Gasteiger partial charge >= 0.3 is 29.6 Å². The Bertz CT molecular complexity index is 348. The molecule has 1 aromatic carbocycles. The van der Waals surface area contributed by atoms with Gasteiger partial charge in [0.15, 0.2) is 0 Å². The van der Waals surface area contributed by atoms with Crippen LogP contribution in [0, 0.1) is 0 Å². The monoisotopic (exact) mass is 228 g/mol. The van der Waals surface area contributed by atoms with Crippen LogP contribution in [0.5, 0.6) is 0 Å². The van der Waals surface area contributed by atoms with Gasteiger partial charge in [0, 0.05) is 5.56 Å². The van der Waals surface area contributed by atoms with Crippen LogP contribution in [0.15, 0.2) is 18.2 Å². The summed E-state index contributed by atoms with van der Waals surface area (Å²) in [6, 6.07) is 5.45. The summed E-state index contributed by atoms with van der Waals surface area (Å²) in [5, 5.41) is 10.9. The second-order valence-electron chi connectivity index (χ2n) is 3.73. The summed E-state index contributed by atoms with van der Waals surface area (Å²) in [5.41, 5.74) is 2.48. The maximum absolute atomic E-state index is 10.9. The van der Waals surface area contributed by atoms with Gasteiger partial charge in [-0.25, -0.2) is 0 Å². The molecule has 0 N–H and O–H groups in total. The third kappa shape index (κ3) is 3.93. The van der Waals surface area contributed by atoms with Gasteiger partial charge in [-0.1, -0.05) is 44.9 Å². The number of rotatable bonds is 5. The van der Waals surface area contributed by atoms with E-state index in [9.17, 15) is 9.90 Å².